The van der Waals surface area contributed by atoms with Crippen molar-refractivity contribution in [2.75, 3.05) is 36.4 Å². The summed E-state index contributed by atoms with van der Waals surface area (Å²) in [5.74, 6) is 1.87. The van der Waals surface area contributed by atoms with Gasteiger partial charge in [0.25, 0.3) is 0 Å². The lowest BCUT2D eigenvalue weighted by Crippen LogP contribution is -2.35. The molecule has 3 aromatic rings. The first-order valence-corrected chi connectivity index (χ1v) is 12.3. The quantitative estimate of drug-likeness (QED) is 0.623. The summed E-state index contributed by atoms with van der Waals surface area (Å²) in [6, 6.07) is 15.0. The Morgan fingerprint density at radius 2 is 1.66 bits per heavy atom. The molecule has 1 N–H and O–H groups in total. The number of hydrogen-bond donors (Lipinski definition) is 1. The number of anilines is 2. The number of rotatable bonds is 5. The highest BCUT2D eigenvalue weighted by Crippen LogP contribution is 2.28. The molecule has 1 atom stereocenters. The van der Waals surface area contributed by atoms with Crippen molar-refractivity contribution in [2.45, 2.75) is 57.5 Å². The number of benzene rings is 1. The van der Waals surface area contributed by atoms with Gasteiger partial charge in [0.2, 0.25) is 5.95 Å². The summed E-state index contributed by atoms with van der Waals surface area (Å²) in [7, 11) is 0. The largest absolute Gasteiger partial charge is 0.356 e. The second-order valence-corrected chi connectivity index (χ2v) is 9.18. The van der Waals surface area contributed by atoms with Gasteiger partial charge in [-0.05, 0) is 56.5 Å². The molecule has 0 aliphatic carbocycles. The zero-order chi connectivity index (χ0) is 21.6. The van der Waals surface area contributed by atoms with Crippen LogP contribution in [0.2, 0.25) is 0 Å². The third-order valence-electron chi connectivity index (χ3n) is 6.69. The Morgan fingerprint density at radius 3 is 2.50 bits per heavy atom. The minimum atomic E-state index is 0.347. The van der Waals surface area contributed by atoms with Gasteiger partial charge >= 0.3 is 0 Å². The summed E-state index contributed by atoms with van der Waals surface area (Å²) in [6.45, 7) is 5.18. The van der Waals surface area contributed by atoms with E-state index in [9.17, 15) is 0 Å². The number of likely N-dealkylation sites (tertiary alicyclic amines) is 1. The molecule has 2 fully saturated rings. The average Bonchev–Trinajstić information content (AvgIpc) is 3.22. The molecule has 2 aliphatic rings. The zero-order valence-electron chi connectivity index (χ0n) is 18.9. The smallest absolute Gasteiger partial charge is 0.225 e. The van der Waals surface area contributed by atoms with Crippen LogP contribution in [0.25, 0.3) is 10.9 Å². The molecule has 0 spiro atoms. The monoisotopic (exact) mass is 430 g/mol. The lowest BCUT2D eigenvalue weighted by molar-refractivity contribution is 0.266. The fourth-order valence-corrected chi connectivity index (χ4v) is 5.03. The van der Waals surface area contributed by atoms with Crippen LogP contribution in [0.1, 0.15) is 50.6 Å². The van der Waals surface area contributed by atoms with Crippen LogP contribution in [0, 0.1) is 0 Å². The van der Waals surface area contributed by atoms with Crippen LogP contribution in [-0.4, -0.2) is 52.1 Å². The van der Waals surface area contributed by atoms with E-state index in [2.05, 4.69) is 56.5 Å². The number of pyridine rings is 1. The molecule has 168 valence electrons. The second-order valence-electron chi connectivity index (χ2n) is 9.18. The fraction of sp³-hybridized carbons (Fsp3) is 0.500. The molecule has 2 aromatic heterocycles. The molecule has 0 saturated carbocycles. The summed E-state index contributed by atoms with van der Waals surface area (Å²) in [5.41, 5.74) is 2.17. The summed E-state index contributed by atoms with van der Waals surface area (Å²) in [5, 5.41) is 4.88. The van der Waals surface area contributed by atoms with Crippen LogP contribution in [0.3, 0.4) is 0 Å². The number of para-hydroxylation sites is 1. The minimum absolute atomic E-state index is 0.347. The van der Waals surface area contributed by atoms with Crippen molar-refractivity contribution in [3.05, 3.63) is 54.4 Å². The maximum absolute atomic E-state index is 5.07. The number of fused-ring (bicyclic) bond motifs is 1. The molecule has 32 heavy (non-hydrogen) atoms. The van der Waals surface area contributed by atoms with Crippen LogP contribution in [0.15, 0.2) is 48.7 Å². The molecule has 6 heteroatoms. The molecule has 5 rings (SSSR count). The predicted octanol–water partition coefficient (Wildman–Crippen LogP) is 4.87. The molecule has 0 bridgehead atoms. The van der Waals surface area contributed by atoms with Crippen LogP contribution >= 0.6 is 0 Å². The number of nitrogens with one attached hydrogen (secondary N) is 1. The maximum atomic E-state index is 5.07. The first-order chi connectivity index (χ1) is 15.8. The van der Waals surface area contributed by atoms with Crippen LogP contribution < -0.4 is 10.2 Å². The van der Waals surface area contributed by atoms with Gasteiger partial charge < -0.3 is 10.2 Å². The number of nitrogens with zero attached hydrogens (tertiary/aromatic N) is 5. The zero-order valence-corrected chi connectivity index (χ0v) is 18.9. The van der Waals surface area contributed by atoms with Gasteiger partial charge in [0.1, 0.15) is 5.82 Å². The lowest BCUT2D eigenvalue weighted by Gasteiger charge is -2.26. The summed E-state index contributed by atoms with van der Waals surface area (Å²) in [6.07, 6.45) is 10.6. The molecule has 0 amide bonds. The Balaban J connectivity index is 1.36. The summed E-state index contributed by atoms with van der Waals surface area (Å²) >= 11 is 0. The van der Waals surface area contributed by atoms with E-state index in [0.29, 0.717) is 6.04 Å². The van der Waals surface area contributed by atoms with Gasteiger partial charge in [-0.3, -0.25) is 9.88 Å². The molecule has 0 unspecified atom stereocenters. The minimum Gasteiger partial charge on any atom is -0.356 e. The normalized spacial score (nSPS) is 20.6. The molecular weight excluding hydrogens is 396 g/mol. The third kappa shape index (κ3) is 5.18. The lowest BCUT2D eigenvalue weighted by atomic mass is 10.1. The fourth-order valence-electron chi connectivity index (χ4n) is 5.03. The van der Waals surface area contributed by atoms with Crippen LogP contribution in [-0.2, 0) is 6.54 Å². The van der Waals surface area contributed by atoms with Crippen LogP contribution in [0.5, 0.6) is 0 Å². The van der Waals surface area contributed by atoms with Crippen molar-refractivity contribution in [2.24, 2.45) is 0 Å². The topological polar surface area (TPSA) is 57.2 Å². The number of hydrogen-bond acceptors (Lipinski definition) is 6. The Bertz CT molecular complexity index is 1000. The predicted molar refractivity (Wildman–Crippen MR) is 131 cm³/mol. The molecular formula is C26H34N6. The van der Waals surface area contributed by atoms with E-state index in [0.717, 1.165) is 67.5 Å². The van der Waals surface area contributed by atoms with Crippen molar-refractivity contribution in [1.29, 1.82) is 0 Å². The van der Waals surface area contributed by atoms with Gasteiger partial charge in [-0.2, -0.15) is 4.98 Å². The highest BCUT2D eigenvalue weighted by atomic mass is 15.2. The molecule has 6 nitrogen and oxygen atoms in total. The van der Waals surface area contributed by atoms with E-state index in [1.807, 2.05) is 12.3 Å². The van der Waals surface area contributed by atoms with E-state index in [1.54, 1.807) is 0 Å². The van der Waals surface area contributed by atoms with E-state index >= 15 is 0 Å². The molecule has 0 radical (unpaired) electrons. The van der Waals surface area contributed by atoms with Crippen molar-refractivity contribution < 1.29 is 0 Å². The third-order valence-corrected chi connectivity index (χ3v) is 6.69. The van der Waals surface area contributed by atoms with Crippen LogP contribution in [0.4, 0.5) is 11.8 Å². The Morgan fingerprint density at radius 1 is 0.844 bits per heavy atom. The highest BCUT2D eigenvalue weighted by Gasteiger charge is 2.21. The molecule has 1 aromatic carbocycles. The highest BCUT2D eigenvalue weighted by molar-refractivity contribution is 5.90. The van der Waals surface area contributed by atoms with Gasteiger partial charge in [-0.25, -0.2) is 4.98 Å². The first-order valence-electron chi connectivity index (χ1n) is 12.3. The SMILES string of the molecule is c1ccc(CN2CCCC[C@@H](Nc3nc(N4CCCCCC4)c4ccccc4n3)C2)nc1. The van der Waals surface area contributed by atoms with Crippen molar-refractivity contribution in [1.82, 2.24) is 19.9 Å². The van der Waals surface area contributed by atoms with E-state index in [1.165, 1.54) is 38.5 Å². The average molecular weight is 431 g/mol. The molecule has 2 saturated heterocycles. The van der Waals surface area contributed by atoms with E-state index < -0.39 is 0 Å². The summed E-state index contributed by atoms with van der Waals surface area (Å²) < 4.78 is 0. The maximum Gasteiger partial charge on any atom is 0.225 e. The molecule has 2 aliphatic heterocycles. The Labute approximate surface area is 191 Å². The van der Waals surface area contributed by atoms with Crippen molar-refractivity contribution in [3.63, 3.8) is 0 Å². The standard InChI is InChI=1S/C26H34N6/c1-2-9-18-32(17-8-1)25-23-13-3-4-14-24(23)29-26(30-25)28-22-12-6-10-16-31(20-22)19-21-11-5-7-15-27-21/h3-5,7,11,13-15,22H,1-2,6,8-10,12,16-20H2,(H,28,29,30)/t22-/m1/s1. The van der Waals surface area contributed by atoms with Crippen molar-refractivity contribution in [3.8, 4) is 0 Å². The Hall–Kier alpha value is -2.73. The van der Waals surface area contributed by atoms with E-state index in [-0.39, 0.29) is 0 Å². The van der Waals surface area contributed by atoms with Gasteiger partial charge in [-0.15, -0.1) is 0 Å². The van der Waals surface area contributed by atoms with Gasteiger partial charge in [-0.1, -0.05) is 37.5 Å². The van der Waals surface area contributed by atoms with Gasteiger partial charge in [0.05, 0.1) is 11.2 Å². The van der Waals surface area contributed by atoms with Crippen molar-refractivity contribution >= 4 is 22.7 Å². The van der Waals surface area contributed by atoms with Gasteiger partial charge in [0.15, 0.2) is 0 Å². The van der Waals surface area contributed by atoms with E-state index in [4.69, 9.17) is 9.97 Å². The van der Waals surface area contributed by atoms with Gasteiger partial charge in [0, 0.05) is 43.8 Å². The Kier molecular flexibility index (Phi) is 6.77. The number of aromatic nitrogens is 3. The molecule has 4 heterocycles. The summed E-state index contributed by atoms with van der Waals surface area (Å²) in [4.78, 5) is 19.5. The first kappa shape index (κ1) is 21.1. The second kappa shape index (κ2) is 10.3.